The van der Waals surface area contributed by atoms with Crippen molar-refractivity contribution in [2.24, 2.45) is 11.3 Å². The summed E-state index contributed by atoms with van der Waals surface area (Å²) in [7, 11) is 0. The molecule has 1 aliphatic carbocycles. The van der Waals surface area contributed by atoms with Gasteiger partial charge >= 0.3 is 5.97 Å². The minimum absolute atomic E-state index is 0.127. The van der Waals surface area contributed by atoms with Gasteiger partial charge in [0.25, 0.3) is 0 Å². The van der Waals surface area contributed by atoms with Crippen molar-refractivity contribution >= 4 is 5.97 Å². The molecule has 212 valence electrons. The molecule has 1 saturated carbocycles. The van der Waals surface area contributed by atoms with Crippen molar-refractivity contribution in [3.05, 3.63) is 42.2 Å². The maximum Gasteiger partial charge on any atom is 0.314 e. The summed E-state index contributed by atoms with van der Waals surface area (Å²) in [5, 5.41) is 9.90. The molecule has 0 N–H and O–H groups in total. The van der Waals surface area contributed by atoms with Crippen LogP contribution in [0.15, 0.2) is 36.7 Å². The summed E-state index contributed by atoms with van der Waals surface area (Å²) in [6.45, 7) is 4.48. The fraction of sp³-hybridized carbons (Fsp3) is 0.647. The highest BCUT2D eigenvalue weighted by Gasteiger charge is 2.38. The van der Waals surface area contributed by atoms with E-state index >= 15 is 0 Å². The zero-order chi connectivity index (χ0) is 27.8. The van der Waals surface area contributed by atoms with Gasteiger partial charge < -0.3 is 4.74 Å². The number of hydrogen-bond acceptors (Lipinski definition) is 5. The van der Waals surface area contributed by atoms with Crippen LogP contribution in [0, 0.1) is 22.7 Å². The number of aromatic nitrogens is 2. The van der Waals surface area contributed by atoms with Gasteiger partial charge in [-0.05, 0) is 74.8 Å². The quantitative estimate of drug-likeness (QED) is 0.115. The van der Waals surface area contributed by atoms with Crippen molar-refractivity contribution in [1.29, 1.82) is 5.26 Å². The number of unbranched alkanes of at least 4 members (excludes halogenated alkanes) is 10. The Labute approximate surface area is 236 Å². The van der Waals surface area contributed by atoms with Gasteiger partial charge in [-0.15, -0.1) is 0 Å². The van der Waals surface area contributed by atoms with Gasteiger partial charge in [0.15, 0.2) is 5.82 Å². The van der Waals surface area contributed by atoms with Crippen LogP contribution in [0.25, 0.3) is 11.4 Å². The fourth-order valence-corrected chi connectivity index (χ4v) is 5.68. The number of aryl methyl sites for hydroxylation is 1. The van der Waals surface area contributed by atoms with Gasteiger partial charge in [-0.2, -0.15) is 5.26 Å². The molecule has 0 saturated heterocycles. The maximum atomic E-state index is 12.9. The van der Waals surface area contributed by atoms with E-state index in [0.717, 1.165) is 50.5 Å². The van der Waals surface area contributed by atoms with E-state index in [4.69, 9.17) is 4.74 Å². The average Bonchev–Trinajstić information content (AvgIpc) is 2.97. The Balaban J connectivity index is 1.40. The van der Waals surface area contributed by atoms with Gasteiger partial charge in [0, 0.05) is 18.0 Å². The van der Waals surface area contributed by atoms with Gasteiger partial charge in [0.1, 0.15) is 5.75 Å². The lowest BCUT2D eigenvalue weighted by Gasteiger charge is -2.34. The summed E-state index contributed by atoms with van der Waals surface area (Å²) >= 11 is 0. The summed E-state index contributed by atoms with van der Waals surface area (Å²) in [6, 6.07) is 10.1. The zero-order valence-corrected chi connectivity index (χ0v) is 24.4. The molecule has 0 radical (unpaired) electrons. The number of carbonyl (C=O) groups is 1. The molecule has 2 aromatic rings. The maximum absolute atomic E-state index is 12.9. The summed E-state index contributed by atoms with van der Waals surface area (Å²) in [6.07, 6.45) is 24.0. The molecule has 39 heavy (non-hydrogen) atoms. The number of ether oxygens (including phenoxy) is 1. The first-order valence-electron chi connectivity index (χ1n) is 15.6. The van der Waals surface area contributed by atoms with Crippen LogP contribution in [0.4, 0.5) is 0 Å². The van der Waals surface area contributed by atoms with Gasteiger partial charge in [-0.1, -0.05) is 84.5 Å². The Morgan fingerprint density at radius 3 is 2.03 bits per heavy atom. The molecule has 5 nitrogen and oxygen atoms in total. The molecule has 1 heterocycles. The van der Waals surface area contributed by atoms with E-state index < -0.39 is 0 Å². The Kier molecular flexibility index (Phi) is 13.5. The Bertz CT molecular complexity index is 1000. The van der Waals surface area contributed by atoms with Crippen molar-refractivity contribution in [3.8, 4) is 23.2 Å². The van der Waals surface area contributed by atoms with E-state index in [2.05, 4.69) is 29.9 Å². The molecule has 0 unspecified atom stereocenters. The SMILES string of the molecule is CCCCCCCCC[C@]1(C#N)CC[C@H](C(=O)Oc2ccc(-c3ncc(CCCCCCC)cn3)cc2)CC1. The minimum atomic E-state index is -0.257. The van der Waals surface area contributed by atoms with E-state index in [9.17, 15) is 10.1 Å². The van der Waals surface area contributed by atoms with Crippen LogP contribution in [0.1, 0.15) is 129 Å². The molecule has 0 aliphatic heterocycles. The molecule has 0 atom stereocenters. The first kappa shape index (κ1) is 30.8. The molecular weight excluding hydrogens is 482 g/mol. The molecule has 1 aromatic heterocycles. The third kappa shape index (κ3) is 10.4. The highest BCUT2D eigenvalue weighted by Crippen LogP contribution is 2.43. The summed E-state index contributed by atoms with van der Waals surface area (Å²) in [5.41, 5.74) is 1.83. The second kappa shape index (κ2) is 17.1. The van der Waals surface area contributed by atoms with E-state index in [-0.39, 0.29) is 17.3 Å². The van der Waals surface area contributed by atoms with Crippen molar-refractivity contribution in [1.82, 2.24) is 9.97 Å². The van der Waals surface area contributed by atoms with E-state index in [1.165, 1.54) is 76.2 Å². The number of rotatable bonds is 17. The average molecular weight is 532 g/mol. The van der Waals surface area contributed by atoms with Crippen LogP contribution >= 0.6 is 0 Å². The Hall–Kier alpha value is -2.74. The molecule has 1 aromatic carbocycles. The van der Waals surface area contributed by atoms with Crippen LogP contribution in [0.3, 0.4) is 0 Å². The Morgan fingerprint density at radius 1 is 0.872 bits per heavy atom. The lowest BCUT2D eigenvalue weighted by molar-refractivity contribution is -0.140. The highest BCUT2D eigenvalue weighted by atomic mass is 16.5. The van der Waals surface area contributed by atoms with E-state index in [1.807, 2.05) is 36.7 Å². The van der Waals surface area contributed by atoms with Crippen molar-refractivity contribution in [3.63, 3.8) is 0 Å². The van der Waals surface area contributed by atoms with E-state index in [0.29, 0.717) is 11.6 Å². The normalized spacial score (nSPS) is 18.9. The predicted octanol–water partition coefficient (Wildman–Crippen LogP) is 9.40. The second-order valence-corrected chi connectivity index (χ2v) is 11.6. The van der Waals surface area contributed by atoms with Gasteiger partial charge in [-0.25, -0.2) is 9.97 Å². The van der Waals surface area contributed by atoms with Crippen LogP contribution in [-0.2, 0) is 11.2 Å². The van der Waals surface area contributed by atoms with Crippen molar-refractivity contribution in [2.75, 3.05) is 0 Å². The number of nitrogens with zero attached hydrogens (tertiary/aromatic N) is 3. The summed E-state index contributed by atoms with van der Waals surface area (Å²) < 4.78 is 5.72. The van der Waals surface area contributed by atoms with Crippen LogP contribution in [0.5, 0.6) is 5.75 Å². The molecular formula is C34H49N3O2. The zero-order valence-electron chi connectivity index (χ0n) is 24.4. The van der Waals surface area contributed by atoms with Crippen LogP contribution in [-0.4, -0.2) is 15.9 Å². The van der Waals surface area contributed by atoms with Gasteiger partial charge in [0.2, 0.25) is 0 Å². The second-order valence-electron chi connectivity index (χ2n) is 11.6. The van der Waals surface area contributed by atoms with E-state index in [1.54, 1.807) is 0 Å². The number of esters is 1. The third-order valence-corrected chi connectivity index (χ3v) is 8.38. The van der Waals surface area contributed by atoms with Crippen molar-refractivity contribution < 1.29 is 9.53 Å². The lowest BCUT2D eigenvalue weighted by atomic mass is 9.69. The standard InChI is InChI=1S/C34H49N3O2/c1-3-5-7-9-10-12-14-22-34(27-35)23-20-30(21-24-34)33(38)39-31-18-16-29(17-19-31)32-36-25-28(26-37-32)15-13-11-8-6-4-2/h16-19,25-26,30H,3-15,20-24H2,1-2H3/t30-,34-. The number of benzene rings is 1. The first-order chi connectivity index (χ1) is 19.1. The monoisotopic (exact) mass is 531 g/mol. The minimum Gasteiger partial charge on any atom is -0.426 e. The Morgan fingerprint density at radius 2 is 1.44 bits per heavy atom. The van der Waals surface area contributed by atoms with Gasteiger partial charge in [0.05, 0.1) is 17.4 Å². The lowest BCUT2D eigenvalue weighted by Crippen LogP contribution is -2.31. The highest BCUT2D eigenvalue weighted by molar-refractivity contribution is 5.75. The third-order valence-electron chi connectivity index (χ3n) is 8.38. The molecule has 1 fully saturated rings. The molecule has 0 bridgehead atoms. The predicted molar refractivity (Wildman–Crippen MR) is 158 cm³/mol. The first-order valence-corrected chi connectivity index (χ1v) is 15.6. The van der Waals surface area contributed by atoms with Crippen LogP contribution < -0.4 is 4.74 Å². The number of nitriles is 1. The van der Waals surface area contributed by atoms with Crippen LogP contribution in [0.2, 0.25) is 0 Å². The van der Waals surface area contributed by atoms with Gasteiger partial charge in [-0.3, -0.25) is 4.79 Å². The molecule has 0 spiro atoms. The smallest absolute Gasteiger partial charge is 0.314 e. The fourth-order valence-electron chi connectivity index (χ4n) is 5.68. The summed E-state index contributed by atoms with van der Waals surface area (Å²) in [5.74, 6) is 0.930. The molecule has 5 heteroatoms. The largest absolute Gasteiger partial charge is 0.426 e. The summed E-state index contributed by atoms with van der Waals surface area (Å²) in [4.78, 5) is 22.0. The number of hydrogen-bond donors (Lipinski definition) is 0. The van der Waals surface area contributed by atoms with Crippen molar-refractivity contribution in [2.45, 2.75) is 129 Å². The molecule has 1 aliphatic rings. The topological polar surface area (TPSA) is 75.9 Å². The number of carbonyl (C=O) groups excluding carboxylic acids is 1. The molecule has 0 amide bonds. The molecule has 3 rings (SSSR count).